The number of aryl methyl sites for hydroxylation is 1. The van der Waals surface area contributed by atoms with Gasteiger partial charge in [-0.25, -0.2) is 9.97 Å². The van der Waals surface area contributed by atoms with Crippen LogP contribution in [0.4, 0.5) is 26.0 Å². The normalized spacial score (nSPS) is 11.0. The second-order valence-corrected chi connectivity index (χ2v) is 7.89. The molecule has 1 amide bonds. The summed E-state index contributed by atoms with van der Waals surface area (Å²) < 4.78 is 29.4. The van der Waals surface area contributed by atoms with Crippen molar-refractivity contribution in [2.24, 2.45) is 0 Å². The largest absolute Gasteiger partial charge is 0.435 e. The molecule has 0 unspecified atom stereocenters. The number of H-pyrrole nitrogens is 1. The number of aromatic amines is 1. The molecule has 0 radical (unpaired) electrons. The van der Waals surface area contributed by atoms with Gasteiger partial charge in [0.1, 0.15) is 11.3 Å². The van der Waals surface area contributed by atoms with Gasteiger partial charge in [-0.1, -0.05) is 12.1 Å². The van der Waals surface area contributed by atoms with Gasteiger partial charge in [0.2, 0.25) is 0 Å². The molecule has 0 saturated heterocycles. The second kappa shape index (κ2) is 9.79. The molecule has 180 valence electrons. The minimum atomic E-state index is -2.95. The molecule has 5 aromatic rings. The van der Waals surface area contributed by atoms with Crippen LogP contribution < -0.4 is 15.4 Å². The van der Waals surface area contributed by atoms with Crippen LogP contribution in [0.25, 0.3) is 22.4 Å². The topological polar surface area (TPSA) is 105 Å². The standard InChI is InChI=1S/C26H20F2N6O2/c1-15-7-8-16(25(35)31-18-5-2-6-19(13-18)36-26(27)28)12-21(15)33-24-22-20(9-11-30-22)32-23(34-24)17-4-3-10-29-14-17/h2-14,26,30H,1H3,(H,31,35)(H,32,33,34). The first-order valence-electron chi connectivity index (χ1n) is 11.0. The third-order valence-electron chi connectivity index (χ3n) is 5.40. The Kier molecular flexibility index (Phi) is 6.23. The summed E-state index contributed by atoms with van der Waals surface area (Å²) in [6, 6.07) is 16.6. The highest BCUT2D eigenvalue weighted by Crippen LogP contribution is 2.28. The number of halogens is 2. The van der Waals surface area contributed by atoms with Crippen molar-refractivity contribution in [3.8, 4) is 17.1 Å². The maximum atomic E-state index is 12.9. The Hall–Kier alpha value is -4.86. The maximum Gasteiger partial charge on any atom is 0.387 e. The van der Waals surface area contributed by atoms with Crippen LogP contribution in [0, 0.1) is 6.92 Å². The van der Waals surface area contributed by atoms with Gasteiger partial charge in [-0.2, -0.15) is 8.78 Å². The Bertz CT molecular complexity index is 1540. The molecule has 0 aliphatic rings. The Morgan fingerprint density at radius 2 is 1.94 bits per heavy atom. The van der Waals surface area contributed by atoms with Crippen LogP contribution in [0.2, 0.25) is 0 Å². The van der Waals surface area contributed by atoms with Crippen LogP contribution >= 0.6 is 0 Å². The molecule has 0 fully saturated rings. The predicted molar refractivity (Wildman–Crippen MR) is 133 cm³/mol. The number of benzene rings is 2. The molecule has 3 N–H and O–H groups in total. The zero-order valence-electron chi connectivity index (χ0n) is 19.0. The lowest BCUT2D eigenvalue weighted by atomic mass is 10.1. The number of carbonyl (C=O) groups excluding carboxylic acids is 1. The molecule has 10 heteroatoms. The predicted octanol–water partition coefficient (Wildman–Crippen LogP) is 5.93. The number of rotatable bonds is 7. The van der Waals surface area contributed by atoms with Gasteiger partial charge in [0.25, 0.3) is 5.91 Å². The van der Waals surface area contributed by atoms with Gasteiger partial charge in [-0.05, 0) is 55.0 Å². The van der Waals surface area contributed by atoms with E-state index in [4.69, 9.17) is 0 Å². The van der Waals surface area contributed by atoms with Gasteiger partial charge in [0.05, 0.1) is 5.52 Å². The number of aromatic nitrogens is 4. The van der Waals surface area contributed by atoms with Crippen LogP contribution in [0.5, 0.6) is 5.75 Å². The molecule has 3 aromatic heterocycles. The Labute approximate surface area is 204 Å². The SMILES string of the molecule is Cc1ccc(C(=O)Nc2cccc(OC(F)F)c2)cc1Nc1nc(-c2cccnc2)nc2cc[nH]c12. The third kappa shape index (κ3) is 4.97. The van der Waals surface area contributed by atoms with E-state index in [9.17, 15) is 13.6 Å². The van der Waals surface area contributed by atoms with Crippen LogP contribution in [-0.2, 0) is 0 Å². The van der Waals surface area contributed by atoms with E-state index < -0.39 is 12.5 Å². The van der Waals surface area contributed by atoms with E-state index >= 15 is 0 Å². The van der Waals surface area contributed by atoms with E-state index in [1.165, 1.54) is 18.2 Å². The average molecular weight is 486 g/mol. The number of carbonyl (C=O) groups is 1. The van der Waals surface area contributed by atoms with E-state index in [1.54, 1.807) is 36.8 Å². The molecule has 3 heterocycles. The van der Waals surface area contributed by atoms with Gasteiger partial charge in [0, 0.05) is 47.2 Å². The first-order chi connectivity index (χ1) is 17.5. The number of hydrogen-bond acceptors (Lipinski definition) is 6. The lowest BCUT2D eigenvalue weighted by Gasteiger charge is -2.13. The molecular formula is C26H20F2N6O2. The van der Waals surface area contributed by atoms with Crippen LogP contribution in [-0.4, -0.2) is 32.5 Å². The van der Waals surface area contributed by atoms with Gasteiger partial charge in [-0.15, -0.1) is 0 Å². The fraction of sp³-hybridized carbons (Fsp3) is 0.0769. The van der Waals surface area contributed by atoms with Crippen LogP contribution in [0.1, 0.15) is 15.9 Å². The monoisotopic (exact) mass is 486 g/mol. The highest BCUT2D eigenvalue weighted by Gasteiger charge is 2.14. The van der Waals surface area contributed by atoms with E-state index in [0.717, 1.165) is 16.6 Å². The van der Waals surface area contributed by atoms with Crippen LogP contribution in [0.3, 0.4) is 0 Å². The Balaban J connectivity index is 1.43. The number of anilines is 3. The minimum absolute atomic E-state index is 0.0443. The summed E-state index contributed by atoms with van der Waals surface area (Å²) in [5, 5.41) is 6.02. The first kappa shape index (κ1) is 22.9. The number of fused-ring (bicyclic) bond motifs is 1. The number of hydrogen-bond donors (Lipinski definition) is 3. The summed E-state index contributed by atoms with van der Waals surface area (Å²) >= 11 is 0. The van der Waals surface area contributed by atoms with Crippen molar-refractivity contribution in [2.75, 3.05) is 10.6 Å². The fourth-order valence-electron chi connectivity index (χ4n) is 3.64. The molecule has 2 aromatic carbocycles. The van der Waals surface area contributed by atoms with Crippen molar-refractivity contribution in [1.29, 1.82) is 0 Å². The molecule has 0 aliphatic heterocycles. The van der Waals surface area contributed by atoms with Crippen molar-refractivity contribution in [3.63, 3.8) is 0 Å². The van der Waals surface area contributed by atoms with E-state index in [-0.39, 0.29) is 5.75 Å². The number of amides is 1. The lowest BCUT2D eigenvalue weighted by molar-refractivity contribution is -0.0498. The van der Waals surface area contributed by atoms with Crippen molar-refractivity contribution in [3.05, 3.63) is 90.4 Å². The summed E-state index contributed by atoms with van der Waals surface area (Å²) in [6.07, 6.45) is 5.15. The summed E-state index contributed by atoms with van der Waals surface area (Å²) in [5.41, 5.74) is 4.47. The van der Waals surface area contributed by atoms with Gasteiger partial charge >= 0.3 is 6.61 Å². The molecule has 36 heavy (non-hydrogen) atoms. The molecular weight excluding hydrogens is 466 g/mol. The maximum absolute atomic E-state index is 12.9. The van der Waals surface area contributed by atoms with Crippen molar-refractivity contribution in [2.45, 2.75) is 13.5 Å². The summed E-state index contributed by atoms with van der Waals surface area (Å²) in [5.74, 6) is 0.602. The molecule has 0 spiro atoms. The Morgan fingerprint density at radius 3 is 2.75 bits per heavy atom. The zero-order valence-corrected chi connectivity index (χ0v) is 19.0. The number of alkyl halides is 2. The highest BCUT2D eigenvalue weighted by molar-refractivity contribution is 6.05. The quantitative estimate of drug-likeness (QED) is 0.264. The molecule has 8 nitrogen and oxygen atoms in total. The third-order valence-corrected chi connectivity index (χ3v) is 5.40. The van der Waals surface area contributed by atoms with Gasteiger partial charge < -0.3 is 20.4 Å². The number of nitrogens with one attached hydrogen (secondary N) is 3. The minimum Gasteiger partial charge on any atom is -0.435 e. The van der Waals surface area contributed by atoms with Crippen molar-refractivity contribution >= 4 is 34.1 Å². The van der Waals surface area contributed by atoms with Crippen molar-refractivity contribution < 1.29 is 18.3 Å². The summed E-state index contributed by atoms with van der Waals surface area (Å²) in [6.45, 7) is -1.04. The van der Waals surface area contributed by atoms with Crippen molar-refractivity contribution in [1.82, 2.24) is 19.9 Å². The highest BCUT2D eigenvalue weighted by atomic mass is 19.3. The van der Waals surface area contributed by atoms with E-state index in [2.05, 4.69) is 35.3 Å². The second-order valence-electron chi connectivity index (χ2n) is 7.89. The van der Waals surface area contributed by atoms with E-state index in [0.29, 0.717) is 34.1 Å². The summed E-state index contributed by atoms with van der Waals surface area (Å²) in [4.78, 5) is 29.5. The first-order valence-corrected chi connectivity index (χ1v) is 11.0. The molecule has 0 atom stereocenters. The smallest absolute Gasteiger partial charge is 0.387 e. The van der Waals surface area contributed by atoms with Gasteiger partial charge in [-0.3, -0.25) is 9.78 Å². The molecule has 0 bridgehead atoms. The fourth-order valence-corrected chi connectivity index (χ4v) is 3.64. The lowest BCUT2D eigenvalue weighted by Crippen LogP contribution is -2.13. The number of ether oxygens (including phenoxy) is 1. The Morgan fingerprint density at radius 1 is 1.06 bits per heavy atom. The number of pyridine rings is 1. The molecule has 5 rings (SSSR count). The zero-order chi connectivity index (χ0) is 25.1. The number of nitrogens with zero attached hydrogens (tertiary/aromatic N) is 3. The molecule has 0 aliphatic carbocycles. The molecule has 0 saturated carbocycles. The van der Waals surface area contributed by atoms with Crippen LogP contribution in [0.15, 0.2) is 79.3 Å². The van der Waals surface area contributed by atoms with Gasteiger partial charge in [0.15, 0.2) is 11.6 Å². The van der Waals surface area contributed by atoms with E-state index in [1.807, 2.05) is 31.2 Å². The summed E-state index contributed by atoms with van der Waals surface area (Å²) in [7, 11) is 0. The average Bonchev–Trinajstić information content (AvgIpc) is 3.35.